The summed E-state index contributed by atoms with van der Waals surface area (Å²) in [5, 5.41) is 1.09. The molecule has 1 atom stereocenters. The van der Waals surface area contributed by atoms with Crippen molar-refractivity contribution in [2.75, 3.05) is 19.7 Å². The fourth-order valence-electron chi connectivity index (χ4n) is 2.65. The van der Waals surface area contributed by atoms with Gasteiger partial charge in [0.1, 0.15) is 6.04 Å². The molecule has 0 spiro atoms. The van der Waals surface area contributed by atoms with Crippen molar-refractivity contribution in [2.45, 2.75) is 38.6 Å². The Bertz CT molecular complexity index is 490. The summed E-state index contributed by atoms with van der Waals surface area (Å²) in [7, 11) is 0. The number of ether oxygens (including phenoxy) is 1. The maximum absolute atomic E-state index is 12.5. The molecule has 3 nitrogen and oxygen atoms in total. The topological polar surface area (TPSA) is 29.5 Å². The van der Waals surface area contributed by atoms with E-state index in [1.165, 1.54) is 6.42 Å². The third kappa shape index (κ3) is 5.02. The number of esters is 1. The van der Waals surface area contributed by atoms with E-state index in [0.717, 1.165) is 37.9 Å². The summed E-state index contributed by atoms with van der Waals surface area (Å²) >= 11 is 12.3. The largest absolute Gasteiger partial charge is 0.464 e. The predicted molar refractivity (Wildman–Crippen MR) is 93.1 cm³/mol. The lowest BCUT2D eigenvalue weighted by molar-refractivity contribution is -0.150. The number of nitrogens with zero attached hydrogens (tertiary/aromatic N) is 1. The summed E-state index contributed by atoms with van der Waals surface area (Å²) in [6.07, 6.45) is 4.22. The van der Waals surface area contributed by atoms with Gasteiger partial charge in [0.15, 0.2) is 0 Å². The van der Waals surface area contributed by atoms with Gasteiger partial charge in [-0.3, -0.25) is 4.90 Å². The summed E-state index contributed by atoms with van der Waals surface area (Å²) < 4.78 is 5.37. The molecule has 0 N–H and O–H groups in total. The van der Waals surface area contributed by atoms with Crippen molar-refractivity contribution in [1.29, 1.82) is 0 Å². The molecule has 0 saturated carbocycles. The van der Waals surface area contributed by atoms with Crippen LogP contribution in [0.5, 0.6) is 0 Å². The molecule has 0 bridgehead atoms. The van der Waals surface area contributed by atoms with Gasteiger partial charge in [0, 0.05) is 10.0 Å². The number of piperidine rings is 1. The van der Waals surface area contributed by atoms with E-state index < -0.39 is 6.04 Å². The number of benzene rings is 1. The first kappa shape index (κ1) is 19.6. The molecule has 1 aromatic rings. The summed E-state index contributed by atoms with van der Waals surface area (Å²) in [4.78, 5) is 14.6. The zero-order valence-electron chi connectivity index (χ0n) is 12.7. The van der Waals surface area contributed by atoms with E-state index in [1.807, 2.05) is 13.0 Å². The SMILES string of the molecule is CCCOC(=O)C(c1ccc(Cl)cc1Cl)N1CCCCC1.Cl. The first-order chi connectivity index (χ1) is 10.1. The minimum Gasteiger partial charge on any atom is -0.464 e. The third-order valence-corrected chi connectivity index (χ3v) is 4.25. The van der Waals surface area contributed by atoms with Gasteiger partial charge in [-0.25, -0.2) is 4.79 Å². The van der Waals surface area contributed by atoms with Crippen LogP contribution in [0.15, 0.2) is 18.2 Å². The minimum absolute atomic E-state index is 0. The Morgan fingerprint density at radius 2 is 1.95 bits per heavy atom. The summed E-state index contributed by atoms with van der Waals surface area (Å²) in [5.41, 5.74) is 0.782. The standard InChI is InChI=1S/C16H21Cl2NO2.ClH/c1-2-10-21-16(20)15(19-8-4-3-5-9-19)13-7-6-12(17)11-14(13)18;/h6-7,11,15H,2-5,8-10H2,1H3;1H. The van der Waals surface area contributed by atoms with Crippen molar-refractivity contribution in [3.8, 4) is 0 Å². The van der Waals surface area contributed by atoms with Gasteiger partial charge in [-0.1, -0.05) is 42.6 Å². The molecular weight excluding hydrogens is 345 g/mol. The van der Waals surface area contributed by atoms with Gasteiger partial charge in [-0.15, -0.1) is 12.4 Å². The van der Waals surface area contributed by atoms with E-state index in [4.69, 9.17) is 27.9 Å². The van der Waals surface area contributed by atoms with Crippen molar-refractivity contribution in [3.05, 3.63) is 33.8 Å². The second-order valence-electron chi connectivity index (χ2n) is 5.33. The molecule has 1 aliphatic rings. The van der Waals surface area contributed by atoms with Crippen LogP contribution >= 0.6 is 35.6 Å². The minimum atomic E-state index is -0.429. The van der Waals surface area contributed by atoms with Crippen molar-refractivity contribution in [3.63, 3.8) is 0 Å². The maximum atomic E-state index is 12.5. The van der Waals surface area contributed by atoms with Crippen LogP contribution in [0.2, 0.25) is 10.0 Å². The Balaban J connectivity index is 0.00000242. The molecule has 0 aromatic heterocycles. The van der Waals surface area contributed by atoms with Crippen LogP contribution in [0.4, 0.5) is 0 Å². The molecule has 1 aromatic carbocycles. The first-order valence-corrected chi connectivity index (χ1v) is 8.24. The van der Waals surface area contributed by atoms with E-state index in [1.54, 1.807) is 12.1 Å². The highest BCUT2D eigenvalue weighted by atomic mass is 35.5. The summed E-state index contributed by atoms with van der Waals surface area (Å²) in [5.74, 6) is -0.219. The fourth-order valence-corrected chi connectivity index (χ4v) is 3.17. The third-order valence-electron chi connectivity index (χ3n) is 3.68. The van der Waals surface area contributed by atoms with E-state index >= 15 is 0 Å². The molecule has 124 valence electrons. The Labute approximate surface area is 148 Å². The van der Waals surface area contributed by atoms with Crippen molar-refractivity contribution >= 4 is 41.6 Å². The van der Waals surface area contributed by atoms with Crippen LogP contribution in [-0.4, -0.2) is 30.6 Å². The molecule has 1 aliphatic heterocycles. The molecule has 2 rings (SSSR count). The number of carbonyl (C=O) groups excluding carboxylic acids is 1. The van der Waals surface area contributed by atoms with Gasteiger partial charge in [0.25, 0.3) is 0 Å². The molecule has 1 fully saturated rings. The molecule has 6 heteroatoms. The Morgan fingerprint density at radius 1 is 1.27 bits per heavy atom. The molecule has 1 saturated heterocycles. The average molecular weight is 367 g/mol. The van der Waals surface area contributed by atoms with Crippen LogP contribution in [0.3, 0.4) is 0 Å². The number of hydrogen-bond donors (Lipinski definition) is 0. The van der Waals surface area contributed by atoms with E-state index in [2.05, 4.69) is 4.90 Å². The summed E-state index contributed by atoms with van der Waals surface area (Å²) in [6.45, 7) is 4.21. The predicted octanol–water partition coefficient (Wildman–Crippen LogP) is 4.90. The van der Waals surface area contributed by atoms with Gasteiger partial charge < -0.3 is 4.74 Å². The zero-order valence-corrected chi connectivity index (χ0v) is 15.0. The first-order valence-electron chi connectivity index (χ1n) is 7.49. The number of carbonyl (C=O) groups is 1. The van der Waals surface area contributed by atoms with Crippen LogP contribution in [0, 0.1) is 0 Å². The quantitative estimate of drug-likeness (QED) is 0.694. The second kappa shape index (κ2) is 9.61. The fraction of sp³-hybridized carbons (Fsp3) is 0.562. The highest BCUT2D eigenvalue weighted by Crippen LogP contribution is 2.32. The number of likely N-dealkylation sites (tertiary alicyclic amines) is 1. The lowest BCUT2D eigenvalue weighted by Gasteiger charge is -2.33. The van der Waals surface area contributed by atoms with Crippen LogP contribution < -0.4 is 0 Å². The van der Waals surface area contributed by atoms with Crippen molar-refractivity contribution < 1.29 is 9.53 Å². The van der Waals surface area contributed by atoms with Gasteiger partial charge in [-0.2, -0.15) is 0 Å². The Morgan fingerprint density at radius 3 is 2.55 bits per heavy atom. The summed E-state index contributed by atoms with van der Waals surface area (Å²) in [6, 6.07) is 4.86. The van der Waals surface area contributed by atoms with Gasteiger partial charge in [0.2, 0.25) is 0 Å². The number of halogens is 3. The van der Waals surface area contributed by atoms with Gasteiger partial charge in [0.05, 0.1) is 6.61 Å². The highest BCUT2D eigenvalue weighted by Gasteiger charge is 2.31. The van der Waals surface area contributed by atoms with E-state index in [0.29, 0.717) is 16.7 Å². The molecule has 0 amide bonds. The van der Waals surface area contributed by atoms with Crippen LogP contribution in [-0.2, 0) is 9.53 Å². The van der Waals surface area contributed by atoms with Crippen LogP contribution in [0.25, 0.3) is 0 Å². The zero-order chi connectivity index (χ0) is 15.2. The smallest absolute Gasteiger partial charge is 0.328 e. The molecule has 0 radical (unpaired) electrons. The Kier molecular flexibility index (Phi) is 8.55. The molecular formula is C16H22Cl3NO2. The average Bonchev–Trinajstić information content (AvgIpc) is 2.49. The number of rotatable bonds is 5. The van der Waals surface area contributed by atoms with E-state index in [-0.39, 0.29) is 18.4 Å². The molecule has 22 heavy (non-hydrogen) atoms. The molecule has 0 aliphatic carbocycles. The molecule has 1 heterocycles. The van der Waals surface area contributed by atoms with Crippen molar-refractivity contribution in [2.24, 2.45) is 0 Å². The number of hydrogen-bond acceptors (Lipinski definition) is 3. The van der Waals surface area contributed by atoms with Gasteiger partial charge in [-0.05, 0) is 50.0 Å². The normalized spacial score (nSPS) is 16.7. The maximum Gasteiger partial charge on any atom is 0.328 e. The lowest BCUT2D eigenvalue weighted by Crippen LogP contribution is -2.39. The second-order valence-corrected chi connectivity index (χ2v) is 6.18. The monoisotopic (exact) mass is 365 g/mol. The molecule has 1 unspecified atom stereocenters. The van der Waals surface area contributed by atoms with Crippen molar-refractivity contribution in [1.82, 2.24) is 4.90 Å². The lowest BCUT2D eigenvalue weighted by atomic mass is 10.0. The highest BCUT2D eigenvalue weighted by molar-refractivity contribution is 6.35. The van der Waals surface area contributed by atoms with Crippen LogP contribution in [0.1, 0.15) is 44.2 Å². The Hall–Kier alpha value is -0.480. The van der Waals surface area contributed by atoms with Gasteiger partial charge >= 0.3 is 5.97 Å². The van der Waals surface area contributed by atoms with E-state index in [9.17, 15) is 4.79 Å².